The van der Waals surface area contributed by atoms with E-state index in [1.165, 1.54) is 7.11 Å². The van der Waals surface area contributed by atoms with Crippen molar-refractivity contribution in [1.29, 1.82) is 0 Å². The minimum absolute atomic E-state index is 0.242. The second-order valence-electron chi connectivity index (χ2n) is 3.79. The van der Waals surface area contributed by atoms with E-state index in [1.807, 2.05) is 26.0 Å². The Morgan fingerprint density at radius 3 is 2.38 bits per heavy atom. The van der Waals surface area contributed by atoms with Gasteiger partial charge >= 0.3 is 5.97 Å². The number of aliphatic hydroxyl groups is 1. The quantitative estimate of drug-likeness (QED) is 0.825. The topological polar surface area (TPSA) is 46.5 Å². The number of aryl methyl sites for hydroxylation is 2. The van der Waals surface area contributed by atoms with Crippen molar-refractivity contribution >= 4 is 17.6 Å². The first-order valence-corrected chi connectivity index (χ1v) is 5.35. The Morgan fingerprint density at radius 1 is 1.44 bits per heavy atom. The Bertz CT molecular complexity index is 378. The molecule has 0 spiro atoms. The largest absolute Gasteiger partial charge is 0.467 e. The first-order valence-electron chi connectivity index (χ1n) is 4.97. The van der Waals surface area contributed by atoms with Gasteiger partial charge in [-0.25, -0.2) is 4.79 Å². The smallest absolute Gasteiger partial charge is 0.335 e. The Kier molecular flexibility index (Phi) is 4.33. The van der Waals surface area contributed by atoms with Gasteiger partial charge in [-0.1, -0.05) is 23.7 Å². The van der Waals surface area contributed by atoms with Gasteiger partial charge in [0.15, 0.2) is 6.10 Å². The van der Waals surface area contributed by atoms with Crippen LogP contribution in [0.25, 0.3) is 0 Å². The summed E-state index contributed by atoms with van der Waals surface area (Å²) in [6, 6.07) is 3.73. The third kappa shape index (κ3) is 2.97. The van der Waals surface area contributed by atoms with Gasteiger partial charge in [-0.05, 0) is 30.5 Å². The highest BCUT2D eigenvalue weighted by Gasteiger charge is 2.16. The van der Waals surface area contributed by atoms with Gasteiger partial charge in [-0.2, -0.15) is 0 Å². The van der Waals surface area contributed by atoms with E-state index in [1.54, 1.807) is 0 Å². The summed E-state index contributed by atoms with van der Waals surface area (Å²) in [4.78, 5) is 11.1. The minimum atomic E-state index is -1.12. The van der Waals surface area contributed by atoms with Gasteiger partial charge in [0.25, 0.3) is 0 Å². The summed E-state index contributed by atoms with van der Waals surface area (Å²) >= 11 is 6.02. The number of carbonyl (C=O) groups excluding carboxylic acids is 1. The molecule has 1 N–H and O–H groups in total. The fourth-order valence-electron chi connectivity index (χ4n) is 1.60. The maximum absolute atomic E-state index is 11.1. The fraction of sp³-hybridized carbons (Fsp3) is 0.417. The van der Waals surface area contributed by atoms with Crippen LogP contribution in [-0.4, -0.2) is 24.3 Å². The molecule has 1 unspecified atom stereocenters. The van der Waals surface area contributed by atoms with E-state index in [0.717, 1.165) is 21.7 Å². The van der Waals surface area contributed by atoms with E-state index in [9.17, 15) is 9.90 Å². The molecule has 88 valence electrons. The normalized spacial score (nSPS) is 12.3. The molecule has 0 bridgehead atoms. The molecule has 0 saturated carbocycles. The number of halogens is 1. The average molecular weight is 243 g/mol. The molecule has 1 aromatic carbocycles. The van der Waals surface area contributed by atoms with Crippen LogP contribution in [0.15, 0.2) is 12.1 Å². The maximum atomic E-state index is 11.1. The van der Waals surface area contributed by atoms with Crippen LogP contribution in [0.4, 0.5) is 0 Å². The molecule has 0 aliphatic carbocycles. The maximum Gasteiger partial charge on any atom is 0.335 e. The van der Waals surface area contributed by atoms with Gasteiger partial charge in [-0.3, -0.25) is 0 Å². The monoisotopic (exact) mass is 242 g/mol. The van der Waals surface area contributed by atoms with Crippen molar-refractivity contribution < 1.29 is 14.6 Å². The second kappa shape index (κ2) is 5.32. The SMILES string of the molecule is COC(=O)C(O)Cc1cc(C)c(Cl)c(C)c1. The number of hydrogen-bond donors (Lipinski definition) is 1. The third-order valence-electron chi connectivity index (χ3n) is 2.40. The zero-order valence-electron chi connectivity index (χ0n) is 9.58. The van der Waals surface area contributed by atoms with Crippen molar-refractivity contribution in [2.45, 2.75) is 26.4 Å². The summed E-state index contributed by atoms with van der Waals surface area (Å²) in [5.41, 5.74) is 2.75. The van der Waals surface area contributed by atoms with Gasteiger partial charge in [0.1, 0.15) is 0 Å². The highest BCUT2D eigenvalue weighted by Crippen LogP contribution is 2.22. The first-order chi connectivity index (χ1) is 7.45. The van der Waals surface area contributed by atoms with Crippen LogP contribution in [0.5, 0.6) is 0 Å². The van der Waals surface area contributed by atoms with E-state index in [-0.39, 0.29) is 6.42 Å². The van der Waals surface area contributed by atoms with E-state index in [2.05, 4.69) is 4.74 Å². The molecular formula is C12H15ClO3. The molecule has 0 radical (unpaired) electrons. The zero-order valence-corrected chi connectivity index (χ0v) is 10.3. The summed E-state index contributed by atoms with van der Waals surface area (Å²) in [5, 5.41) is 10.2. The molecule has 0 aromatic heterocycles. The van der Waals surface area contributed by atoms with Crippen LogP contribution in [0.2, 0.25) is 5.02 Å². The van der Waals surface area contributed by atoms with Crippen LogP contribution in [-0.2, 0) is 16.0 Å². The molecular weight excluding hydrogens is 228 g/mol. The number of ether oxygens (including phenoxy) is 1. The predicted octanol–water partition coefficient (Wildman–Crippen LogP) is 2.03. The Labute approximate surface area is 100.0 Å². The molecule has 0 aliphatic rings. The first kappa shape index (κ1) is 13.0. The zero-order chi connectivity index (χ0) is 12.3. The van der Waals surface area contributed by atoms with Crippen LogP contribution in [0.1, 0.15) is 16.7 Å². The number of esters is 1. The predicted molar refractivity (Wildman–Crippen MR) is 62.7 cm³/mol. The van der Waals surface area contributed by atoms with Gasteiger partial charge in [0.05, 0.1) is 7.11 Å². The number of aliphatic hydroxyl groups excluding tert-OH is 1. The van der Waals surface area contributed by atoms with E-state index < -0.39 is 12.1 Å². The number of methoxy groups -OCH3 is 1. The lowest BCUT2D eigenvalue weighted by atomic mass is 10.0. The van der Waals surface area contributed by atoms with Crippen molar-refractivity contribution in [3.05, 3.63) is 33.8 Å². The molecule has 3 nitrogen and oxygen atoms in total. The molecule has 1 aromatic rings. The van der Waals surface area contributed by atoms with Crippen molar-refractivity contribution in [1.82, 2.24) is 0 Å². The lowest BCUT2D eigenvalue weighted by Crippen LogP contribution is -2.24. The van der Waals surface area contributed by atoms with Crippen LogP contribution in [0, 0.1) is 13.8 Å². The Balaban J connectivity index is 2.86. The molecule has 0 fully saturated rings. The standard InChI is InChI=1S/C12H15ClO3/c1-7-4-9(5-8(2)11(7)13)6-10(14)12(15)16-3/h4-5,10,14H,6H2,1-3H3. The van der Waals surface area contributed by atoms with Crippen molar-refractivity contribution in [2.24, 2.45) is 0 Å². The van der Waals surface area contributed by atoms with Crippen molar-refractivity contribution in [2.75, 3.05) is 7.11 Å². The lowest BCUT2D eigenvalue weighted by molar-refractivity contribution is -0.150. The van der Waals surface area contributed by atoms with Gasteiger partial charge < -0.3 is 9.84 Å². The van der Waals surface area contributed by atoms with Gasteiger partial charge in [-0.15, -0.1) is 0 Å². The molecule has 16 heavy (non-hydrogen) atoms. The second-order valence-corrected chi connectivity index (χ2v) is 4.16. The van der Waals surface area contributed by atoms with Gasteiger partial charge in [0, 0.05) is 11.4 Å². The lowest BCUT2D eigenvalue weighted by Gasteiger charge is -2.11. The molecule has 0 amide bonds. The highest BCUT2D eigenvalue weighted by atomic mass is 35.5. The highest BCUT2D eigenvalue weighted by molar-refractivity contribution is 6.32. The molecule has 0 heterocycles. The minimum Gasteiger partial charge on any atom is -0.467 e. The Morgan fingerprint density at radius 2 is 1.94 bits per heavy atom. The van der Waals surface area contributed by atoms with E-state index in [4.69, 9.17) is 11.6 Å². The third-order valence-corrected chi connectivity index (χ3v) is 2.99. The number of carbonyl (C=O) groups is 1. The fourth-order valence-corrected chi connectivity index (χ4v) is 1.71. The summed E-state index contributed by atoms with van der Waals surface area (Å²) in [6.07, 6.45) is -0.879. The molecule has 4 heteroatoms. The summed E-state index contributed by atoms with van der Waals surface area (Å²) in [7, 11) is 1.25. The van der Waals surface area contributed by atoms with Crippen molar-refractivity contribution in [3.63, 3.8) is 0 Å². The van der Waals surface area contributed by atoms with Crippen LogP contribution < -0.4 is 0 Å². The van der Waals surface area contributed by atoms with E-state index in [0.29, 0.717) is 0 Å². The summed E-state index contributed by atoms with van der Waals surface area (Å²) in [6.45, 7) is 3.78. The molecule has 1 rings (SSSR count). The number of rotatable bonds is 3. The van der Waals surface area contributed by atoms with Gasteiger partial charge in [0.2, 0.25) is 0 Å². The number of hydrogen-bond acceptors (Lipinski definition) is 3. The average Bonchev–Trinajstić information content (AvgIpc) is 2.24. The Hall–Kier alpha value is -1.06. The molecule has 0 saturated heterocycles. The molecule has 0 aliphatic heterocycles. The molecule has 1 atom stereocenters. The van der Waals surface area contributed by atoms with Crippen LogP contribution in [0.3, 0.4) is 0 Å². The van der Waals surface area contributed by atoms with Crippen LogP contribution >= 0.6 is 11.6 Å². The van der Waals surface area contributed by atoms with E-state index >= 15 is 0 Å². The number of benzene rings is 1. The summed E-state index contributed by atoms with van der Waals surface area (Å²) < 4.78 is 4.45. The summed E-state index contributed by atoms with van der Waals surface area (Å²) in [5.74, 6) is -0.620. The van der Waals surface area contributed by atoms with Crippen molar-refractivity contribution in [3.8, 4) is 0 Å².